The van der Waals surface area contributed by atoms with Gasteiger partial charge in [0.15, 0.2) is 0 Å². The Labute approximate surface area is 115 Å². The highest BCUT2D eigenvalue weighted by molar-refractivity contribution is 5.84. The number of nitrogens with zero attached hydrogens (tertiary/aromatic N) is 1. The van der Waals surface area contributed by atoms with Crippen LogP contribution in [0.3, 0.4) is 0 Å². The van der Waals surface area contributed by atoms with Crippen molar-refractivity contribution in [2.45, 2.75) is 58.4 Å². The second-order valence-corrected chi connectivity index (χ2v) is 5.96. The number of carbonyl (C=O) groups is 2. The maximum atomic E-state index is 12.5. The van der Waals surface area contributed by atoms with E-state index in [9.17, 15) is 9.59 Å². The highest BCUT2D eigenvalue weighted by Gasteiger charge is 2.37. The smallest absolute Gasteiger partial charge is 0.325 e. The molecule has 2 aliphatic carbocycles. The zero-order chi connectivity index (χ0) is 13.8. The molecule has 19 heavy (non-hydrogen) atoms. The van der Waals surface area contributed by atoms with E-state index in [1.165, 1.54) is 0 Å². The average molecular weight is 267 g/mol. The van der Waals surface area contributed by atoms with E-state index >= 15 is 0 Å². The lowest BCUT2D eigenvalue weighted by atomic mass is 9.82. The third-order valence-corrected chi connectivity index (χ3v) is 4.24. The first-order valence-corrected chi connectivity index (χ1v) is 7.58. The van der Waals surface area contributed by atoms with E-state index in [0.717, 1.165) is 44.4 Å². The Bertz CT molecular complexity index is 330. The Hall–Kier alpha value is -1.06. The summed E-state index contributed by atoms with van der Waals surface area (Å²) in [6.07, 6.45) is 6.29. The molecule has 2 fully saturated rings. The number of rotatable bonds is 5. The Morgan fingerprint density at radius 2 is 1.74 bits per heavy atom. The summed E-state index contributed by atoms with van der Waals surface area (Å²) >= 11 is 0. The second-order valence-electron chi connectivity index (χ2n) is 5.96. The molecule has 0 saturated heterocycles. The van der Waals surface area contributed by atoms with Crippen LogP contribution in [-0.4, -0.2) is 36.0 Å². The molecule has 0 spiro atoms. The third-order valence-electron chi connectivity index (χ3n) is 4.24. The molecular formula is C15H25NO3. The van der Waals surface area contributed by atoms with E-state index < -0.39 is 0 Å². The minimum atomic E-state index is -0.271. The topological polar surface area (TPSA) is 46.6 Å². The van der Waals surface area contributed by atoms with Gasteiger partial charge in [0, 0.05) is 12.0 Å². The van der Waals surface area contributed by atoms with Crippen LogP contribution in [0.25, 0.3) is 0 Å². The largest absolute Gasteiger partial charge is 0.465 e. The molecule has 0 N–H and O–H groups in total. The molecule has 0 atom stereocenters. The monoisotopic (exact) mass is 267 g/mol. The van der Waals surface area contributed by atoms with Crippen LogP contribution in [0, 0.1) is 11.8 Å². The van der Waals surface area contributed by atoms with E-state index in [1.807, 2.05) is 0 Å². The van der Waals surface area contributed by atoms with E-state index in [-0.39, 0.29) is 30.4 Å². The Balaban J connectivity index is 1.91. The van der Waals surface area contributed by atoms with Gasteiger partial charge in [-0.3, -0.25) is 9.59 Å². The van der Waals surface area contributed by atoms with E-state index in [1.54, 1.807) is 11.8 Å². The van der Waals surface area contributed by atoms with Gasteiger partial charge >= 0.3 is 5.97 Å². The first kappa shape index (κ1) is 14.4. The first-order chi connectivity index (χ1) is 9.11. The van der Waals surface area contributed by atoms with Crippen LogP contribution < -0.4 is 0 Å². The maximum absolute atomic E-state index is 12.5. The lowest BCUT2D eigenvalue weighted by molar-refractivity contribution is -0.151. The van der Waals surface area contributed by atoms with E-state index in [2.05, 4.69) is 6.92 Å². The molecule has 1 amide bonds. The van der Waals surface area contributed by atoms with Crippen LogP contribution in [0.4, 0.5) is 0 Å². The SMILES string of the molecule is CCOC(=O)CN(C(=O)C1CCC(C)CC1)C1CC1. The molecule has 0 unspecified atom stereocenters. The standard InChI is InChI=1S/C15H25NO3/c1-3-19-14(17)10-16(13-8-9-13)15(18)12-6-4-11(2)5-7-12/h11-13H,3-10H2,1-2H3. The maximum Gasteiger partial charge on any atom is 0.325 e. The summed E-state index contributed by atoms with van der Waals surface area (Å²) in [6.45, 7) is 4.57. The molecule has 0 aromatic carbocycles. The zero-order valence-electron chi connectivity index (χ0n) is 12.1. The van der Waals surface area contributed by atoms with Crippen LogP contribution in [0.1, 0.15) is 52.4 Å². The van der Waals surface area contributed by atoms with Gasteiger partial charge in [0.25, 0.3) is 0 Å². The van der Waals surface area contributed by atoms with E-state index in [4.69, 9.17) is 4.74 Å². The van der Waals surface area contributed by atoms with Crippen molar-refractivity contribution in [1.29, 1.82) is 0 Å². The number of esters is 1. The molecular weight excluding hydrogens is 242 g/mol. The fraction of sp³-hybridized carbons (Fsp3) is 0.867. The molecule has 0 aromatic heterocycles. The summed E-state index contributed by atoms with van der Waals surface area (Å²) in [5, 5.41) is 0. The Morgan fingerprint density at radius 3 is 2.26 bits per heavy atom. The molecule has 0 aromatic rings. The predicted molar refractivity (Wildman–Crippen MR) is 72.5 cm³/mol. The minimum absolute atomic E-state index is 0.131. The number of ether oxygens (including phenoxy) is 1. The van der Waals surface area contributed by atoms with Crippen molar-refractivity contribution in [1.82, 2.24) is 4.90 Å². The Kier molecular flexibility index (Phi) is 4.83. The van der Waals surface area contributed by atoms with Crippen LogP contribution >= 0.6 is 0 Å². The van der Waals surface area contributed by atoms with Gasteiger partial charge in [-0.25, -0.2) is 0 Å². The normalized spacial score (nSPS) is 26.8. The summed E-state index contributed by atoms with van der Waals surface area (Å²) in [4.78, 5) is 25.9. The van der Waals surface area contributed by atoms with Gasteiger partial charge < -0.3 is 9.64 Å². The van der Waals surface area contributed by atoms with Gasteiger partial charge in [0.05, 0.1) is 6.61 Å². The zero-order valence-corrected chi connectivity index (χ0v) is 12.1. The summed E-state index contributed by atoms with van der Waals surface area (Å²) in [7, 11) is 0. The molecule has 4 heteroatoms. The van der Waals surface area contributed by atoms with E-state index in [0.29, 0.717) is 6.61 Å². The first-order valence-electron chi connectivity index (χ1n) is 7.58. The van der Waals surface area contributed by atoms with Crippen molar-refractivity contribution in [3.8, 4) is 0 Å². The number of amides is 1. The lowest BCUT2D eigenvalue weighted by Gasteiger charge is -2.30. The minimum Gasteiger partial charge on any atom is -0.465 e. The predicted octanol–water partition coefficient (Wildman–Crippen LogP) is 2.37. The van der Waals surface area contributed by atoms with Crippen LogP contribution in [0.5, 0.6) is 0 Å². The van der Waals surface area contributed by atoms with Crippen molar-refractivity contribution < 1.29 is 14.3 Å². The molecule has 0 aliphatic heterocycles. The number of hydrogen-bond acceptors (Lipinski definition) is 3. The summed E-state index contributed by atoms with van der Waals surface area (Å²) in [6, 6.07) is 0.288. The van der Waals surface area contributed by atoms with Crippen molar-refractivity contribution in [3.05, 3.63) is 0 Å². The van der Waals surface area contributed by atoms with Gasteiger partial charge in [0.1, 0.15) is 6.54 Å². The lowest BCUT2D eigenvalue weighted by Crippen LogP contribution is -2.42. The van der Waals surface area contributed by atoms with Gasteiger partial charge in [-0.05, 0) is 51.4 Å². The highest BCUT2D eigenvalue weighted by Crippen LogP contribution is 2.33. The summed E-state index contributed by atoms with van der Waals surface area (Å²) < 4.78 is 4.97. The van der Waals surface area contributed by atoms with Crippen LogP contribution in [0.15, 0.2) is 0 Å². The van der Waals surface area contributed by atoms with Crippen LogP contribution in [-0.2, 0) is 14.3 Å². The summed E-state index contributed by atoms with van der Waals surface area (Å²) in [5.41, 5.74) is 0. The average Bonchev–Trinajstić information content (AvgIpc) is 3.21. The fourth-order valence-electron chi connectivity index (χ4n) is 2.86. The third kappa shape index (κ3) is 3.95. The molecule has 2 saturated carbocycles. The second kappa shape index (κ2) is 6.40. The molecule has 4 nitrogen and oxygen atoms in total. The molecule has 2 rings (SSSR count). The van der Waals surface area contributed by atoms with Crippen LogP contribution in [0.2, 0.25) is 0 Å². The summed E-state index contributed by atoms with van der Waals surface area (Å²) in [5.74, 6) is 0.782. The van der Waals surface area contributed by atoms with Crippen molar-refractivity contribution in [3.63, 3.8) is 0 Å². The molecule has 108 valence electrons. The van der Waals surface area contributed by atoms with Gasteiger partial charge in [-0.15, -0.1) is 0 Å². The van der Waals surface area contributed by atoms with Crippen molar-refractivity contribution in [2.24, 2.45) is 11.8 Å². The molecule has 0 heterocycles. The number of carbonyl (C=O) groups excluding carboxylic acids is 2. The van der Waals surface area contributed by atoms with Crippen molar-refractivity contribution >= 4 is 11.9 Å². The molecule has 2 aliphatic rings. The van der Waals surface area contributed by atoms with Gasteiger partial charge in [-0.2, -0.15) is 0 Å². The van der Waals surface area contributed by atoms with Gasteiger partial charge in [0.2, 0.25) is 5.91 Å². The Morgan fingerprint density at radius 1 is 1.11 bits per heavy atom. The quantitative estimate of drug-likeness (QED) is 0.718. The molecule has 0 radical (unpaired) electrons. The fourth-order valence-corrected chi connectivity index (χ4v) is 2.86. The van der Waals surface area contributed by atoms with Gasteiger partial charge in [-0.1, -0.05) is 6.92 Å². The molecule has 0 bridgehead atoms. The van der Waals surface area contributed by atoms with Crippen molar-refractivity contribution in [2.75, 3.05) is 13.2 Å². The highest BCUT2D eigenvalue weighted by atomic mass is 16.5. The number of hydrogen-bond donors (Lipinski definition) is 0.